The lowest BCUT2D eigenvalue weighted by molar-refractivity contribution is -0.384. The molecule has 2 heterocycles. The van der Waals surface area contributed by atoms with Gasteiger partial charge >= 0.3 is 0 Å². The number of carbonyl (C=O) groups excluding carboxylic acids is 1. The topological polar surface area (TPSA) is 117 Å². The molecule has 0 bridgehead atoms. The molecule has 12 heteroatoms. The second-order valence-corrected chi connectivity index (χ2v) is 7.67. The van der Waals surface area contributed by atoms with E-state index < -0.39 is 10.8 Å². The van der Waals surface area contributed by atoms with E-state index in [0.29, 0.717) is 17.3 Å². The minimum atomic E-state index is -0.547. The molecule has 0 unspecified atom stereocenters. The smallest absolute Gasteiger partial charge is 0.276 e. The molecule has 1 N–H and O–H groups in total. The summed E-state index contributed by atoms with van der Waals surface area (Å²) in [4.78, 5) is 22.7. The van der Waals surface area contributed by atoms with Crippen molar-refractivity contribution in [1.82, 2.24) is 19.6 Å². The lowest BCUT2D eigenvalue weighted by atomic mass is 10.2. The number of nitro benzene ring substituents is 1. The minimum Gasteiger partial charge on any atom is -0.470 e. The van der Waals surface area contributed by atoms with Gasteiger partial charge in [0.25, 0.3) is 11.6 Å². The number of halogens is 2. The Hall–Kier alpha value is -3.89. The predicted octanol–water partition coefficient (Wildman–Crippen LogP) is 4.63. The molecule has 0 atom stereocenters. The summed E-state index contributed by atoms with van der Waals surface area (Å²) in [5.74, 6) is -0.158. The van der Waals surface area contributed by atoms with Gasteiger partial charge in [0.1, 0.15) is 5.75 Å². The van der Waals surface area contributed by atoms with E-state index in [2.05, 4.69) is 15.5 Å². The number of nitro groups is 1. The third-order valence-corrected chi connectivity index (χ3v) is 5.20. The summed E-state index contributed by atoms with van der Waals surface area (Å²) in [6.45, 7) is 0.424. The fourth-order valence-electron chi connectivity index (χ4n) is 2.92. The van der Waals surface area contributed by atoms with E-state index in [1.807, 2.05) is 18.2 Å². The Bertz CT molecular complexity index is 1320. The molecule has 0 aliphatic heterocycles. The third-order valence-electron chi connectivity index (χ3n) is 4.53. The zero-order valence-corrected chi connectivity index (χ0v) is 18.4. The van der Waals surface area contributed by atoms with Gasteiger partial charge in [-0.3, -0.25) is 19.6 Å². The fourth-order valence-corrected chi connectivity index (χ4v) is 3.35. The van der Waals surface area contributed by atoms with Crippen LogP contribution >= 0.6 is 23.2 Å². The second kappa shape index (κ2) is 9.72. The van der Waals surface area contributed by atoms with Crippen molar-refractivity contribution in [1.29, 1.82) is 0 Å². The van der Waals surface area contributed by atoms with Crippen LogP contribution in [0.25, 0.3) is 0 Å². The van der Waals surface area contributed by atoms with Gasteiger partial charge in [0, 0.05) is 29.5 Å². The van der Waals surface area contributed by atoms with Crippen molar-refractivity contribution >= 4 is 40.5 Å². The third kappa shape index (κ3) is 5.48. The zero-order chi connectivity index (χ0) is 23.4. The zero-order valence-electron chi connectivity index (χ0n) is 16.9. The maximum atomic E-state index is 12.5. The Kier molecular flexibility index (Phi) is 6.57. The maximum Gasteiger partial charge on any atom is 0.276 e. The largest absolute Gasteiger partial charge is 0.470 e. The van der Waals surface area contributed by atoms with E-state index in [4.69, 9.17) is 27.9 Å². The molecule has 2 aromatic heterocycles. The van der Waals surface area contributed by atoms with Crippen LogP contribution in [0.4, 0.5) is 11.4 Å². The Morgan fingerprint density at radius 3 is 2.70 bits per heavy atom. The number of carbonyl (C=O) groups is 1. The number of amides is 1. The average molecular weight is 487 g/mol. The van der Waals surface area contributed by atoms with E-state index in [9.17, 15) is 14.9 Å². The molecule has 10 nitrogen and oxygen atoms in total. The molecule has 0 fully saturated rings. The molecule has 0 spiro atoms. The van der Waals surface area contributed by atoms with E-state index in [1.54, 1.807) is 23.1 Å². The first-order chi connectivity index (χ1) is 15.9. The van der Waals surface area contributed by atoms with Crippen LogP contribution in [0.5, 0.6) is 5.75 Å². The number of aromatic nitrogens is 4. The average Bonchev–Trinajstić information content (AvgIpc) is 3.44. The standard InChI is InChI=1S/C21H16Cl2N6O4/c22-17-4-2-1-3-14(17)11-28-12-15(10-24-28)25-21(30)19-7-8-27(26-19)13-33-20-6-5-16(29(31)32)9-18(20)23/h1-10,12H,11,13H2,(H,25,30). The number of anilines is 1. The molecular weight excluding hydrogens is 471 g/mol. The molecule has 168 valence electrons. The normalized spacial score (nSPS) is 10.7. The quantitative estimate of drug-likeness (QED) is 0.286. The summed E-state index contributed by atoms with van der Waals surface area (Å²) in [6, 6.07) is 12.9. The van der Waals surface area contributed by atoms with Crippen LogP contribution in [0.2, 0.25) is 10.0 Å². The highest BCUT2D eigenvalue weighted by Gasteiger charge is 2.13. The first-order valence-corrected chi connectivity index (χ1v) is 10.3. The van der Waals surface area contributed by atoms with Crippen LogP contribution in [0, 0.1) is 10.1 Å². The van der Waals surface area contributed by atoms with Crippen LogP contribution in [0.3, 0.4) is 0 Å². The summed E-state index contributed by atoms with van der Waals surface area (Å²) in [5.41, 5.74) is 1.45. The van der Waals surface area contributed by atoms with Crippen LogP contribution in [0.1, 0.15) is 16.1 Å². The number of hydrogen-bond donors (Lipinski definition) is 1. The second-order valence-electron chi connectivity index (χ2n) is 6.86. The van der Waals surface area contributed by atoms with Gasteiger partial charge in [-0.15, -0.1) is 0 Å². The lowest BCUT2D eigenvalue weighted by Gasteiger charge is -2.07. The molecule has 0 aliphatic carbocycles. The van der Waals surface area contributed by atoms with Gasteiger partial charge in [-0.1, -0.05) is 41.4 Å². The molecule has 0 saturated carbocycles. The number of nitrogens with one attached hydrogen (secondary N) is 1. The van der Waals surface area contributed by atoms with Crippen LogP contribution in [0.15, 0.2) is 67.1 Å². The van der Waals surface area contributed by atoms with Crippen molar-refractivity contribution in [3.05, 3.63) is 98.5 Å². The molecular formula is C21H16Cl2N6O4. The lowest BCUT2D eigenvalue weighted by Crippen LogP contribution is -2.14. The highest BCUT2D eigenvalue weighted by Crippen LogP contribution is 2.28. The minimum absolute atomic E-state index is 0.0411. The van der Waals surface area contributed by atoms with E-state index in [-0.39, 0.29) is 28.9 Å². The molecule has 2 aromatic carbocycles. The summed E-state index contributed by atoms with van der Waals surface area (Å²) < 4.78 is 8.59. The van der Waals surface area contributed by atoms with Gasteiger partial charge in [-0.2, -0.15) is 10.2 Å². The molecule has 0 aliphatic rings. The van der Waals surface area contributed by atoms with Gasteiger partial charge in [-0.05, 0) is 23.8 Å². The van der Waals surface area contributed by atoms with Crippen molar-refractivity contribution in [2.75, 3.05) is 5.32 Å². The van der Waals surface area contributed by atoms with Gasteiger partial charge in [0.05, 0.1) is 28.4 Å². The number of non-ortho nitro benzene ring substituents is 1. The highest BCUT2D eigenvalue weighted by molar-refractivity contribution is 6.32. The highest BCUT2D eigenvalue weighted by atomic mass is 35.5. The summed E-state index contributed by atoms with van der Waals surface area (Å²) in [5, 5.41) is 22.7. The number of rotatable bonds is 8. The maximum absolute atomic E-state index is 12.5. The van der Waals surface area contributed by atoms with Crippen molar-refractivity contribution in [3.63, 3.8) is 0 Å². The van der Waals surface area contributed by atoms with E-state index in [0.717, 1.165) is 5.56 Å². The molecule has 33 heavy (non-hydrogen) atoms. The first kappa shape index (κ1) is 22.3. The van der Waals surface area contributed by atoms with Crippen molar-refractivity contribution in [3.8, 4) is 5.75 Å². The van der Waals surface area contributed by atoms with E-state index in [1.165, 1.54) is 35.1 Å². The van der Waals surface area contributed by atoms with E-state index >= 15 is 0 Å². The first-order valence-electron chi connectivity index (χ1n) is 9.56. The number of hydrogen-bond acceptors (Lipinski definition) is 6. The Balaban J connectivity index is 1.34. The molecule has 4 rings (SSSR count). The Labute approximate surface area is 197 Å². The number of benzene rings is 2. The van der Waals surface area contributed by atoms with Gasteiger partial charge in [0.15, 0.2) is 12.4 Å². The van der Waals surface area contributed by atoms with Crippen LogP contribution in [-0.4, -0.2) is 30.4 Å². The van der Waals surface area contributed by atoms with Crippen molar-refractivity contribution in [2.24, 2.45) is 0 Å². The molecule has 4 aromatic rings. The number of nitrogens with zero attached hydrogens (tertiary/aromatic N) is 5. The number of ether oxygens (including phenoxy) is 1. The fraction of sp³-hybridized carbons (Fsp3) is 0.0952. The summed E-state index contributed by atoms with van der Waals surface area (Å²) in [7, 11) is 0. The summed E-state index contributed by atoms with van der Waals surface area (Å²) in [6.07, 6.45) is 4.79. The van der Waals surface area contributed by atoms with Crippen LogP contribution in [-0.2, 0) is 13.3 Å². The van der Waals surface area contributed by atoms with Gasteiger partial charge < -0.3 is 10.1 Å². The molecule has 1 amide bonds. The van der Waals surface area contributed by atoms with Crippen molar-refractivity contribution in [2.45, 2.75) is 13.3 Å². The van der Waals surface area contributed by atoms with Crippen molar-refractivity contribution < 1.29 is 14.5 Å². The molecule has 0 radical (unpaired) electrons. The van der Waals surface area contributed by atoms with Gasteiger partial charge in [0.2, 0.25) is 0 Å². The predicted molar refractivity (Wildman–Crippen MR) is 122 cm³/mol. The summed E-state index contributed by atoms with van der Waals surface area (Å²) >= 11 is 12.2. The monoisotopic (exact) mass is 486 g/mol. The Morgan fingerprint density at radius 2 is 1.94 bits per heavy atom. The van der Waals surface area contributed by atoms with Crippen LogP contribution < -0.4 is 10.1 Å². The SMILES string of the molecule is O=C(Nc1cnn(Cc2ccccc2Cl)c1)c1ccn(COc2ccc([N+](=O)[O-])cc2Cl)n1. The Morgan fingerprint density at radius 1 is 1.12 bits per heavy atom. The van der Waals surface area contributed by atoms with Gasteiger partial charge in [-0.25, -0.2) is 4.68 Å². The molecule has 0 saturated heterocycles.